The van der Waals surface area contributed by atoms with Crippen LogP contribution < -0.4 is 0 Å². The molecule has 2 aromatic heterocycles. The van der Waals surface area contributed by atoms with Crippen LogP contribution in [-0.4, -0.2) is 20.2 Å². The highest BCUT2D eigenvalue weighted by atomic mass is 35.5. The van der Waals surface area contributed by atoms with Gasteiger partial charge in [0.2, 0.25) is 5.65 Å². The molecule has 84 valence electrons. The largest absolute Gasteiger partial charge is 0.273 e. The molecule has 3 aromatic rings. The lowest BCUT2D eigenvalue weighted by Gasteiger charge is -2.00. The lowest BCUT2D eigenvalue weighted by atomic mass is 10.1. The number of hydrogen-bond acceptors (Lipinski definition) is 3. The summed E-state index contributed by atoms with van der Waals surface area (Å²) in [6, 6.07) is 7.47. The first-order valence-electron chi connectivity index (χ1n) is 4.87. The molecule has 0 aliphatic heterocycles. The smallest absolute Gasteiger partial charge is 0.201 e. The molecule has 17 heavy (non-hydrogen) atoms. The molecule has 0 atom stereocenters. The SMILES string of the molecule is Clc1cnc2c(-c3ccccc3Cl)[nH]nc2n1. The van der Waals surface area contributed by atoms with E-state index in [2.05, 4.69) is 20.2 Å². The Hall–Kier alpha value is -1.65. The number of benzene rings is 1. The van der Waals surface area contributed by atoms with E-state index in [1.165, 1.54) is 6.20 Å². The second-order valence-corrected chi connectivity index (χ2v) is 4.24. The van der Waals surface area contributed by atoms with Gasteiger partial charge in [0.15, 0.2) is 0 Å². The summed E-state index contributed by atoms with van der Waals surface area (Å²) in [5.41, 5.74) is 2.72. The Kier molecular flexibility index (Phi) is 2.46. The molecule has 0 saturated carbocycles. The maximum atomic E-state index is 6.13. The Morgan fingerprint density at radius 1 is 1.12 bits per heavy atom. The molecule has 0 amide bonds. The maximum Gasteiger partial charge on any atom is 0.201 e. The van der Waals surface area contributed by atoms with E-state index in [0.29, 0.717) is 21.3 Å². The van der Waals surface area contributed by atoms with Crippen LogP contribution in [0, 0.1) is 0 Å². The molecule has 0 radical (unpaired) electrons. The number of fused-ring (bicyclic) bond motifs is 1. The van der Waals surface area contributed by atoms with Crippen LogP contribution in [0.3, 0.4) is 0 Å². The van der Waals surface area contributed by atoms with E-state index in [0.717, 1.165) is 11.3 Å². The number of H-pyrrole nitrogens is 1. The molecule has 0 saturated heterocycles. The minimum Gasteiger partial charge on any atom is -0.273 e. The molecule has 2 heterocycles. The van der Waals surface area contributed by atoms with Crippen molar-refractivity contribution in [1.82, 2.24) is 20.2 Å². The number of aromatic nitrogens is 4. The standard InChI is InChI=1S/C11H6Cl2N4/c12-7-4-2-1-3-6(7)9-10-11(17-16-9)15-8(13)5-14-10/h1-5H,(H,15,16,17). The average molecular weight is 265 g/mol. The van der Waals surface area contributed by atoms with Crippen LogP contribution in [0.1, 0.15) is 0 Å². The molecular weight excluding hydrogens is 259 g/mol. The van der Waals surface area contributed by atoms with Crippen LogP contribution in [0.2, 0.25) is 10.2 Å². The van der Waals surface area contributed by atoms with Gasteiger partial charge in [0.25, 0.3) is 0 Å². The van der Waals surface area contributed by atoms with Gasteiger partial charge in [-0.15, -0.1) is 0 Å². The highest BCUT2D eigenvalue weighted by Gasteiger charge is 2.12. The van der Waals surface area contributed by atoms with Gasteiger partial charge in [-0.2, -0.15) is 5.10 Å². The first kappa shape index (κ1) is 10.5. The van der Waals surface area contributed by atoms with Crippen LogP contribution in [0.5, 0.6) is 0 Å². The molecule has 0 bridgehead atoms. The maximum absolute atomic E-state index is 6.13. The first-order valence-corrected chi connectivity index (χ1v) is 5.63. The Balaban J connectivity index is 2.29. The van der Waals surface area contributed by atoms with Gasteiger partial charge >= 0.3 is 0 Å². The Labute approximate surface area is 107 Å². The predicted molar refractivity (Wildman–Crippen MR) is 67.1 cm³/mol. The molecule has 1 N–H and O–H groups in total. The van der Waals surface area contributed by atoms with E-state index in [-0.39, 0.29) is 0 Å². The van der Waals surface area contributed by atoms with Crippen molar-refractivity contribution >= 4 is 34.4 Å². The van der Waals surface area contributed by atoms with Gasteiger partial charge < -0.3 is 0 Å². The fraction of sp³-hybridized carbons (Fsp3) is 0. The van der Waals surface area contributed by atoms with Crippen LogP contribution in [0.4, 0.5) is 0 Å². The molecule has 3 rings (SSSR count). The van der Waals surface area contributed by atoms with Crippen LogP contribution in [0.25, 0.3) is 22.4 Å². The lowest BCUT2D eigenvalue weighted by Crippen LogP contribution is -1.83. The number of hydrogen-bond donors (Lipinski definition) is 1. The third-order valence-corrected chi connectivity index (χ3v) is 2.89. The van der Waals surface area contributed by atoms with Crippen LogP contribution in [0.15, 0.2) is 30.5 Å². The fourth-order valence-corrected chi connectivity index (χ4v) is 1.99. The average Bonchev–Trinajstić information content (AvgIpc) is 2.72. The van der Waals surface area contributed by atoms with Gasteiger partial charge in [-0.05, 0) is 6.07 Å². The van der Waals surface area contributed by atoms with Crippen molar-refractivity contribution in [2.45, 2.75) is 0 Å². The van der Waals surface area contributed by atoms with E-state index >= 15 is 0 Å². The molecule has 0 unspecified atom stereocenters. The van der Waals surface area contributed by atoms with Gasteiger partial charge in [-0.25, -0.2) is 9.97 Å². The molecule has 6 heteroatoms. The zero-order valence-electron chi connectivity index (χ0n) is 8.48. The Morgan fingerprint density at radius 3 is 2.76 bits per heavy atom. The third kappa shape index (κ3) is 1.75. The summed E-state index contributed by atoms with van der Waals surface area (Å²) in [5.74, 6) is 0. The van der Waals surface area contributed by atoms with Crippen molar-refractivity contribution in [3.8, 4) is 11.3 Å². The lowest BCUT2D eigenvalue weighted by molar-refractivity contribution is 1.10. The van der Waals surface area contributed by atoms with Crippen molar-refractivity contribution in [3.63, 3.8) is 0 Å². The number of halogens is 2. The van der Waals surface area contributed by atoms with E-state index in [4.69, 9.17) is 23.2 Å². The normalized spacial score (nSPS) is 10.9. The van der Waals surface area contributed by atoms with E-state index in [1.807, 2.05) is 24.3 Å². The summed E-state index contributed by atoms with van der Waals surface area (Å²) in [6.45, 7) is 0. The molecule has 4 nitrogen and oxygen atoms in total. The van der Waals surface area contributed by atoms with Gasteiger partial charge in [0.05, 0.1) is 16.9 Å². The molecule has 0 fully saturated rings. The van der Waals surface area contributed by atoms with Crippen molar-refractivity contribution in [1.29, 1.82) is 0 Å². The summed E-state index contributed by atoms with van der Waals surface area (Å²) in [6.07, 6.45) is 1.49. The van der Waals surface area contributed by atoms with Crippen molar-refractivity contribution in [3.05, 3.63) is 40.6 Å². The topological polar surface area (TPSA) is 54.5 Å². The summed E-state index contributed by atoms with van der Waals surface area (Å²) in [5, 5.41) is 7.88. The van der Waals surface area contributed by atoms with Crippen LogP contribution in [-0.2, 0) is 0 Å². The van der Waals surface area contributed by atoms with E-state index in [1.54, 1.807) is 0 Å². The Morgan fingerprint density at radius 2 is 1.94 bits per heavy atom. The number of aromatic amines is 1. The predicted octanol–water partition coefficient (Wildman–Crippen LogP) is 3.33. The third-order valence-electron chi connectivity index (χ3n) is 2.38. The minimum atomic E-state index is 0.315. The van der Waals surface area contributed by atoms with Gasteiger partial charge in [-0.3, -0.25) is 5.10 Å². The molecule has 0 aliphatic rings. The van der Waals surface area contributed by atoms with Crippen molar-refractivity contribution < 1.29 is 0 Å². The molecular formula is C11H6Cl2N4. The van der Waals surface area contributed by atoms with Gasteiger partial charge in [0.1, 0.15) is 10.7 Å². The van der Waals surface area contributed by atoms with E-state index in [9.17, 15) is 0 Å². The van der Waals surface area contributed by atoms with E-state index < -0.39 is 0 Å². The highest BCUT2D eigenvalue weighted by Crippen LogP contribution is 2.30. The highest BCUT2D eigenvalue weighted by molar-refractivity contribution is 6.33. The summed E-state index contributed by atoms with van der Waals surface area (Å²) in [4.78, 5) is 8.28. The van der Waals surface area contributed by atoms with Crippen LogP contribution >= 0.6 is 23.2 Å². The fourth-order valence-electron chi connectivity index (χ4n) is 1.63. The minimum absolute atomic E-state index is 0.315. The quantitative estimate of drug-likeness (QED) is 0.734. The monoisotopic (exact) mass is 264 g/mol. The second kappa shape index (κ2) is 3.98. The summed E-state index contributed by atoms with van der Waals surface area (Å²) < 4.78 is 0. The van der Waals surface area contributed by atoms with Gasteiger partial charge in [-0.1, -0.05) is 41.4 Å². The summed E-state index contributed by atoms with van der Waals surface area (Å²) in [7, 11) is 0. The number of nitrogens with one attached hydrogen (secondary N) is 1. The van der Waals surface area contributed by atoms with Crippen molar-refractivity contribution in [2.75, 3.05) is 0 Å². The number of rotatable bonds is 1. The summed E-state index contributed by atoms with van der Waals surface area (Å²) >= 11 is 11.9. The zero-order chi connectivity index (χ0) is 11.8. The molecule has 0 spiro atoms. The first-order chi connectivity index (χ1) is 8.25. The molecule has 0 aliphatic carbocycles. The number of nitrogens with zero attached hydrogens (tertiary/aromatic N) is 3. The zero-order valence-corrected chi connectivity index (χ0v) is 10.00. The van der Waals surface area contributed by atoms with Crippen molar-refractivity contribution in [2.24, 2.45) is 0 Å². The molecule has 1 aromatic carbocycles. The second-order valence-electron chi connectivity index (χ2n) is 3.44. The Bertz CT molecular complexity index is 693. The van der Waals surface area contributed by atoms with Gasteiger partial charge in [0, 0.05) is 5.56 Å².